The fraction of sp³-hybridized carbons (Fsp3) is 0.324. The van der Waals surface area contributed by atoms with Crippen molar-refractivity contribution in [2.24, 2.45) is 5.41 Å². The third-order valence-corrected chi connectivity index (χ3v) is 9.66. The zero-order chi connectivity index (χ0) is 30.4. The SMILES string of the molecule is C[C@@]1(CC(=O)N2CCC(c3cc4ccccc4[nH]c3=O)CC2)Cc2cc(Cl)c3[nH]ncc3c2CN(Cc2ccncc2)C1=O. The van der Waals surface area contributed by atoms with Crippen LogP contribution in [0.2, 0.25) is 5.02 Å². The van der Waals surface area contributed by atoms with E-state index in [1.807, 2.05) is 65.3 Å². The maximum atomic E-state index is 14.3. The van der Waals surface area contributed by atoms with Crippen LogP contribution in [0.5, 0.6) is 0 Å². The van der Waals surface area contributed by atoms with Gasteiger partial charge in [-0.25, -0.2) is 0 Å². The molecule has 1 saturated heterocycles. The van der Waals surface area contributed by atoms with Gasteiger partial charge in [0.1, 0.15) is 0 Å². The van der Waals surface area contributed by atoms with Gasteiger partial charge in [-0.05, 0) is 84.5 Å². The number of rotatable bonds is 5. The molecule has 2 aromatic carbocycles. The number of aromatic amines is 2. The second kappa shape index (κ2) is 11.2. The van der Waals surface area contributed by atoms with Crippen molar-refractivity contribution in [2.75, 3.05) is 13.1 Å². The molecule has 0 spiro atoms. The summed E-state index contributed by atoms with van der Waals surface area (Å²) in [5.74, 6) is -0.0384. The molecule has 2 aliphatic rings. The Morgan fingerprint density at radius 3 is 2.66 bits per heavy atom. The summed E-state index contributed by atoms with van der Waals surface area (Å²) in [4.78, 5) is 51.9. The van der Waals surface area contributed by atoms with E-state index in [-0.39, 0.29) is 29.7 Å². The number of hydrogen-bond acceptors (Lipinski definition) is 5. The second-order valence-electron chi connectivity index (χ2n) is 12.4. The maximum absolute atomic E-state index is 14.3. The Hall–Kier alpha value is -4.50. The van der Waals surface area contributed by atoms with Gasteiger partial charge in [-0.15, -0.1) is 0 Å². The van der Waals surface area contributed by atoms with Crippen LogP contribution in [0, 0.1) is 5.41 Å². The molecule has 1 fully saturated rings. The van der Waals surface area contributed by atoms with Crippen molar-refractivity contribution in [3.8, 4) is 0 Å². The molecule has 224 valence electrons. The van der Waals surface area contributed by atoms with E-state index in [0.717, 1.165) is 44.1 Å². The predicted molar refractivity (Wildman–Crippen MR) is 169 cm³/mol. The van der Waals surface area contributed by atoms with Gasteiger partial charge < -0.3 is 14.8 Å². The van der Waals surface area contributed by atoms with Crippen LogP contribution in [0.3, 0.4) is 0 Å². The number of hydrogen-bond donors (Lipinski definition) is 2. The van der Waals surface area contributed by atoms with Crippen molar-refractivity contribution in [3.05, 3.63) is 105 Å². The van der Waals surface area contributed by atoms with Crippen molar-refractivity contribution in [3.63, 3.8) is 0 Å². The Labute approximate surface area is 259 Å². The number of para-hydroxylation sites is 1. The van der Waals surface area contributed by atoms with Crippen LogP contribution in [0.15, 0.2) is 71.9 Å². The van der Waals surface area contributed by atoms with Gasteiger partial charge in [-0.3, -0.25) is 24.5 Å². The van der Waals surface area contributed by atoms with Crippen LogP contribution in [0.1, 0.15) is 54.4 Å². The molecule has 0 saturated carbocycles. The van der Waals surface area contributed by atoms with E-state index in [0.29, 0.717) is 50.5 Å². The molecule has 0 bridgehead atoms. The zero-order valence-electron chi connectivity index (χ0n) is 24.5. The number of aromatic nitrogens is 4. The van der Waals surface area contributed by atoms with E-state index in [4.69, 9.17) is 11.6 Å². The molecular formula is C34H33ClN6O3. The fourth-order valence-electron chi connectivity index (χ4n) is 6.99. The highest BCUT2D eigenvalue weighted by Gasteiger charge is 2.43. The molecule has 2 aliphatic heterocycles. The third-order valence-electron chi connectivity index (χ3n) is 9.36. The van der Waals surface area contributed by atoms with E-state index in [9.17, 15) is 14.4 Å². The van der Waals surface area contributed by atoms with Crippen molar-refractivity contribution in [1.82, 2.24) is 30.0 Å². The summed E-state index contributed by atoms with van der Waals surface area (Å²) in [5, 5.41) is 9.64. The fourth-order valence-corrected chi connectivity index (χ4v) is 7.27. The first kappa shape index (κ1) is 28.3. The smallest absolute Gasteiger partial charge is 0.251 e. The highest BCUT2D eigenvalue weighted by Crippen LogP contribution is 2.40. The largest absolute Gasteiger partial charge is 0.343 e. The molecule has 0 radical (unpaired) electrons. The van der Waals surface area contributed by atoms with Crippen LogP contribution in [-0.2, 0) is 29.1 Å². The number of carbonyl (C=O) groups is 2. The lowest BCUT2D eigenvalue weighted by Crippen LogP contribution is -2.46. The summed E-state index contributed by atoms with van der Waals surface area (Å²) < 4.78 is 0. The van der Waals surface area contributed by atoms with Gasteiger partial charge in [-0.1, -0.05) is 29.8 Å². The first-order valence-corrected chi connectivity index (χ1v) is 15.4. The molecule has 2 amide bonds. The molecule has 5 heterocycles. The van der Waals surface area contributed by atoms with Gasteiger partial charge in [0.05, 0.1) is 22.2 Å². The Bertz CT molecular complexity index is 1950. The number of amides is 2. The normalized spacial score (nSPS) is 19.4. The van der Waals surface area contributed by atoms with Gasteiger partial charge in [0, 0.05) is 61.5 Å². The number of nitrogens with zero attached hydrogens (tertiary/aromatic N) is 4. The summed E-state index contributed by atoms with van der Waals surface area (Å²) in [6, 6.07) is 15.5. The highest BCUT2D eigenvalue weighted by atomic mass is 35.5. The monoisotopic (exact) mass is 608 g/mol. The van der Waals surface area contributed by atoms with Crippen LogP contribution in [0.4, 0.5) is 0 Å². The lowest BCUT2D eigenvalue weighted by Gasteiger charge is -2.36. The van der Waals surface area contributed by atoms with E-state index in [1.165, 1.54) is 0 Å². The third kappa shape index (κ3) is 5.15. The minimum absolute atomic E-state index is 0.0467. The van der Waals surface area contributed by atoms with Gasteiger partial charge in [0.2, 0.25) is 11.8 Å². The number of pyridine rings is 2. The molecule has 5 aromatic rings. The van der Waals surface area contributed by atoms with E-state index < -0.39 is 5.41 Å². The summed E-state index contributed by atoms with van der Waals surface area (Å²) in [7, 11) is 0. The van der Waals surface area contributed by atoms with Crippen LogP contribution < -0.4 is 5.56 Å². The van der Waals surface area contributed by atoms with Crippen molar-refractivity contribution in [2.45, 2.75) is 51.6 Å². The van der Waals surface area contributed by atoms with Gasteiger partial charge >= 0.3 is 0 Å². The minimum Gasteiger partial charge on any atom is -0.343 e. The quantitative estimate of drug-likeness (QED) is 0.279. The molecule has 3 aromatic heterocycles. The van der Waals surface area contributed by atoms with Gasteiger partial charge in [0.25, 0.3) is 5.56 Å². The Kier molecular flexibility index (Phi) is 7.20. The first-order valence-electron chi connectivity index (χ1n) is 15.0. The number of carbonyl (C=O) groups excluding carboxylic acids is 2. The highest BCUT2D eigenvalue weighted by molar-refractivity contribution is 6.35. The van der Waals surface area contributed by atoms with Gasteiger partial charge in [-0.2, -0.15) is 5.10 Å². The summed E-state index contributed by atoms with van der Waals surface area (Å²) in [6.45, 7) is 3.77. The number of piperidine rings is 1. The molecule has 10 heteroatoms. The lowest BCUT2D eigenvalue weighted by molar-refractivity contribution is -0.148. The Morgan fingerprint density at radius 2 is 1.86 bits per heavy atom. The lowest BCUT2D eigenvalue weighted by atomic mass is 9.78. The van der Waals surface area contributed by atoms with E-state index in [2.05, 4.69) is 20.2 Å². The first-order chi connectivity index (χ1) is 21.3. The van der Waals surface area contributed by atoms with Crippen LogP contribution >= 0.6 is 11.6 Å². The number of halogens is 1. The number of H-pyrrole nitrogens is 2. The van der Waals surface area contributed by atoms with Crippen LogP contribution in [0.25, 0.3) is 21.8 Å². The molecule has 0 aliphatic carbocycles. The van der Waals surface area contributed by atoms with Crippen molar-refractivity contribution in [1.29, 1.82) is 0 Å². The molecule has 2 N–H and O–H groups in total. The van der Waals surface area contributed by atoms with Crippen molar-refractivity contribution >= 4 is 45.2 Å². The van der Waals surface area contributed by atoms with E-state index in [1.54, 1.807) is 18.6 Å². The Balaban J connectivity index is 1.13. The molecular weight excluding hydrogens is 576 g/mol. The summed E-state index contributed by atoms with van der Waals surface area (Å²) in [5.41, 5.74) is 4.23. The number of fused-ring (bicyclic) bond motifs is 4. The molecule has 44 heavy (non-hydrogen) atoms. The summed E-state index contributed by atoms with van der Waals surface area (Å²) >= 11 is 6.64. The molecule has 0 unspecified atom stereocenters. The average molecular weight is 609 g/mol. The molecule has 7 rings (SSSR count). The zero-order valence-corrected chi connectivity index (χ0v) is 25.2. The molecule has 1 atom stereocenters. The van der Waals surface area contributed by atoms with Crippen molar-refractivity contribution < 1.29 is 9.59 Å². The van der Waals surface area contributed by atoms with Crippen LogP contribution in [-0.4, -0.2) is 54.9 Å². The average Bonchev–Trinajstić information content (AvgIpc) is 3.50. The number of benzene rings is 2. The van der Waals surface area contributed by atoms with E-state index >= 15 is 0 Å². The second-order valence-corrected chi connectivity index (χ2v) is 12.8. The molecule has 9 nitrogen and oxygen atoms in total. The Morgan fingerprint density at radius 1 is 1.09 bits per heavy atom. The summed E-state index contributed by atoms with van der Waals surface area (Å²) in [6.07, 6.45) is 7.07. The van der Waals surface area contributed by atoms with Gasteiger partial charge in [0.15, 0.2) is 0 Å². The maximum Gasteiger partial charge on any atom is 0.251 e. The standard InChI is InChI=1S/C34H33ClN6O3/c1-34(17-30(42)40-12-8-22(9-13-40)25-14-23-4-2-3-5-29(23)38-32(25)43)16-24-15-28(35)31-26(18-37-39-31)27(24)20-41(33(34)44)19-21-6-10-36-11-7-21/h2-7,10-11,14-15,18,22H,8-9,12-13,16-17,19-20H2,1H3,(H,37,39)(H,38,43)/t34-/m0/s1. The topological polar surface area (TPSA) is 115 Å². The predicted octanol–water partition coefficient (Wildman–Crippen LogP) is 5.34. The number of nitrogens with one attached hydrogen (secondary N) is 2. The minimum atomic E-state index is -0.970. The number of likely N-dealkylation sites (tertiary alicyclic amines) is 1.